The van der Waals surface area contributed by atoms with Gasteiger partial charge in [-0.2, -0.15) is 5.26 Å². The molecule has 2 N–H and O–H groups in total. The average molecular weight is 495 g/mol. The van der Waals surface area contributed by atoms with E-state index in [1.165, 1.54) is 35.4 Å². The molecule has 11 heteroatoms. The van der Waals surface area contributed by atoms with Crippen molar-refractivity contribution in [2.75, 3.05) is 31.5 Å². The molecule has 2 aromatic carbocycles. The molecule has 2 amide bonds. The number of hydrogen-bond acceptors (Lipinski definition) is 6. The van der Waals surface area contributed by atoms with Crippen molar-refractivity contribution in [3.63, 3.8) is 0 Å². The second-order valence-corrected chi connectivity index (χ2v) is 8.81. The molecular weight excluding hydrogens is 475 g/mol. The molecule has 0 aliphatic carbocycles. The van der Waals surface area contributed by atoms with Crippen molar-refractivity contribution in [3.05, 3.63) is 75.8 Å². The molecule has 0 radical (unpaired) electrons. The zero-order chi connectivity index (χ0) is 24.7. The molecule has 0 bridgehead atoms. The van der Waals surface area contributed by atoms with Crippen LogP contribution in [0.15, 0.2) is 42.6 Å². The average Bonchev–Trinajstić information content (AvgIpc) is 3.44. The molecule has 0 spiro atoms. The molecule has 1 unspecified atom stereocenters. The second-order valence-electron chi connectivity index (χ2n) is 8.40. The number of carbonyl (C=O) groups excluding carboxylic acids is 2. The molecule has 0 saturated carbocycles. The van der Waals surface area contributed by atoms with E-state index in [9.17, 15) is 19.1 Å². The number of nitrogens with zero attached hydrogens (tertiary/aromatic N) is 5. The van der Waals surface area contributed by atoms with Gasteiger partial charge in [0.2, 0.25) is 11.9 Å². The highest BCUT2D eigenvalue weighted by Crippen LogP contribution is 2.32. The number of fused-ring (bicyclic) bond motifs is 1. The Hall–Kier alpha value is -4.10. The topological polar surface area (TPSA) is 114 Å². The van der Waals surface area contributed by atoms with E-state index in [0.717, 1.165) is 0 Å². The predicted molar refractivity (Wildman–Crippen MR) is 124 cm³/mol. The Balaban J connectivity index is 1.33. The second kappa shape index (κ2) is 8.92. The van der Waals surface area contributed by atoms with Crippen LogP contribution in [0.2, 0.25) is 5.02 Å². The number of imidazole rings is 1. The molecule has 3 aromatic rings. The van der Waals surface area contributed by atoms with E-state index in [-0.39, 0.29) is 41.9 Å². The van der Waals surface area contributed by atoms with Crippen LogP contribution in [0.3, 0.4) is 0 Å². The molecule has 35 heavy (non-hydrogen) atoms. The molecule has 1 aromatic heterocycles. The molecule has 1 fully saturated rings. The minimum Gasteiger partial charge on any atom is -0.508 e. The normalized spacial score (nSPS) is 17.2. The van der Waals surface area contributed by atoms with Crippen LogP contribution in [0.1, 0.15) is 33.2 Å². The summed E-state index contributed by atoms with van der Waals surface area (Å²) in [6.45, 7) is 1.14. The van der Waals surface area contributed by atoms with Crippen molar-refractivity contribution < 1.29 is 19.1 Å². The number of aromatic hydroxyl groups is 1. The number of amides is 2. The number of halogens is 2. The van der Waals surface area contributed by atoms with E-state index < -0.39 is 11.9 Å². The van der Waals surface area contributed by atoms with Gasteiger partial charge in [-0.25, -0.2) is 9.37 Å². The SMILES string of the molecule is N#Cc1ccc(C2CNc3ncc(C(=O)N4CCN(Cc5cc(O)ccc5Cl)C(=O)C4)n32)cc1F. The Morgan fingerprint density at radius 2 is 2.11 bits per heavy atom. The number of anilines is 1. The van der Waals surface area contributed by atoms with Gasteiger partial charge in [0.15, 0.2) is 0 Å². The fourth-order valence-electron chi connectivity index (χ4n) is 4.44. The Bertz CT molecular complexity index is 1380. The summed E-state index contributed by atoms with van der Waals surface area (Å²) in [6, 6.07) is 10.3. The van der Waals surface area contributed by atoms with Crippen molar-refractivity contribution in [2.45, 2.75) is 12.6 Å². The van der Waals surface area contributed by atoms with E-state index in [4.69, 9.17) is 16.9 Å². The van der Waals surface area contributed by atoms with Crippen molar-refractivity contribution >= 4 is 29.4 Å². The van der Waals surface area contributed by atoms with Gasteiger partial charge in [0, 0.05) is 31.2 Å². The van der Waals surface area contributed by atoms with Crippen LogP contribution >= 0.6 is 11.6 Å². The summed E-state index contributed by atoms with van der Waals surface area (Å²) in [5.74, 6) is -0.680. The quantitative estimate of drug-likeness (QED) is 0.576. The Morgan fingerprint density at radius 1 is 1.29 bits per heavy atom. The van der Waals surface area contributed by atoms with Gasteiger partial charge in [-0.15, -0.1) is 0 Å². The number of hydrogen-bond donors (Lipinski definition) is 2. The van der Waals surface area contributed by atoms with Crippen LogP contribution in [0, 0.1) is 17.1 Å². The van der Waals surface area contributed by atoms with Gasteiger partial charge < -0.3 is 20.2 Å². The van der Waals surface area contributed by atoms with Crippen LogP contribution in [0.4, 0.5) is 10.3 Å². The minimum atomic E-state index is -0.625. The number of carbonyl (C=O) groups is 2. The maximum absolute atomic E-state index is 14.2. The maximum Gasteiger partial charge on any atom is 0.272 e. The maximum atomic E-state index is 14.2. The van der Waals surface area contributed by atoms with Gasteiger partial charge in [-0.1, -0.05) is 17.7 Å². The number of phenolic OH excluding ortho intramolecular Hbond substituents is 1. The van der Waals surface area contributed by atoms with E-state index in [1.807, 2.05) is 0 Å². The lowest BCUT2D eigenvalue weighted by Gasteiger charge is -2.34. The highest BCUT2D eigenvalue weighted by molar-refractivity contribution is 6.31. The zero-order valence-electron chi connectivity index (χ0n) is 18.4. The first-order valence-electron chi connectivity index (χ1n) is 10.9. The third kappa shape index (κ3) is 4.15. The first-order valence-corrected chi connectivity index (χ1v) is 11.3. The molecule has 2 aliphatic rings. The molecule has 9 nitrogen and oxygen atoms in total. The van der Waals surface area contributed by atoms with Crippen LogP contribution < -0.4 is 5.32 Å². The van der Waals surface area contributed by atoms with Crippen LogP contribution in [0.5, 0.6) is 5.75 Å². The monoisotopic (exact) mass is 494 g/mol. The third-order valence-corrected chi connectivity index (χ3v) is 6.64. The van der Waals surface area contributed by atoms with E-state index in [2.05, 4.69) is 10.3 Å². The van der Waals surface area contributed by atoms with Crippen LogP contribution in [0.25, 0.3) is 0 Å². The smallest absolute Gasteiger partial charge is 0.272 e. The van der Waals surface area contributed by atoms with E-state index >= 15 is 0 Å². The molecule has 3 heterocycles. The Labute approximate surface area is 205 Å². The Morgan fingerprint density at radius 3 is 2.86 bits per heavy atom. The first kappa shape index (κ1) is 22.7. The summed E-state index contributed by atoms with van der Waals surface area (Å²) in [7, 11) is 0. The van der Waals surface area contributed by atoms with Gasteiger partial charge >= 0.3 is 0 Å². The van der Waals surface area contributed by atoms with Gasteiger partial charge in [0.1, 0.15) is 29.9 Å². The number of rotatable bonds is 4. The highest BCUT2D eigenvalue weighted by atomic mass is 35.5. The van der Waals surface area contributed by atoms with Gasteiger partial charge in [0.05, 0.1) is 17.8 Å². The lowest BCUT2D eigenvalue weighted by atomic mass is 10.0. The molecule has 1 atom stereocenters. The van der Waals surface area contributed by atoms with E-state index in [1.54, 1.807) is 27.7 Å². The summed E-state index contributed by atoms with van der Waals surface area (Å²) < 4.78 is 15.9. The highest BCUT2D eigenvalue weighted by Gasteiger charge is 2.34. The molecule has 2 aliphatic heterocycles. The van der Waals surface area contributed by atoms with Gasteiger partial charge in [0.25, 0.3) is 5.91 Å². The number of piperazine rings is 1. The number of aromatic nitrogens is 2. The van der Waals surface area contributed by atoms with Gasteiger partial charge in [-0.3, -0.25) is 14.2 Å². The first-order chi connectivity index (χ1) is 16.9. The molecular formula is C24H20ClFN6O3. The number of benzene rings is 2. The van der Waals surface area contributed by atoms with E-state index in [0.29, 0.717) is 41.7 Å². The molecule has 1 saturated heterocycles. The van der Waals surface area contributed by atoms with Crippen LogP contribution in [-0.4, -0.2) is 62.5 Å². The van der Waals surface area contributed by atoms with Crippen LogP contribution in [-0.2, 0) is 11.3 Å². The predicted octanol–water partition coefficient (Wildman–Crippen LogP) is 2.75. The summed E-state index contributed by atoms with van der Waals surface area (Å²) in [5, 5.41) is 22.3. The summed E-state index contributed by atoms with van der Waals surface area (Å²) in [4.78, 5) is 33.5. The molecule has 5 rings (SSSR count). The van der Waals surface area contributed by atoms with Gasteiger partial charge in [-0.05, 0) is 41.5 Å². The summed E-state index contributed by atoms with van der Waals surface area (Å²) >= 11 is 6.19. The fourth-order valence-corrected chi connectivity index (χ4v) is 4.62. The van der Waals surface area contributed by atoms with Crippen molar-refractivity contribution in [2.24, 2.45) is 0 Å². The third-order valence-electron chi connectivity index (χ3n) is 6.28. The van der Waals surface area contributed by atoms with Crippen molar-refractivity contribution in [3.8, 4) is 11.8 Å². The largest absolute Gasteiger partial charge is 0.508 e. The lowest BCUT2D eigenvalue weighted by molar-refractivity contribution is -0.135. The zero-order valence-corrected chi connectivity index (χ0v) is 19.2. The number of nitrogens with one attached hydrogen (secondary N) is 1. The van der Waals surface area contributed by atoms with Crippen molar-refractivity contribution in [1.29, 1.82) is 5.26 Å². The Kier molecular flexibility index (Phi) is 5.78. The summed E-state index contributed by atoms with van der Waals surface area (Å²) in [6.07, 6.45) is 1.44. The van der Waals surface area contributed by atoms with Crippen molar-refractivity contribution in [1.82, 2.24) is 19.4 Å². The number of phenols is 1. The summed E-state index contributed by atoms with van der Waals surface area (Å²) in [5.41, 5.74) is 1.46. The minimum absolute atomic E-state index is 0.0507. The fraction of sp³-hybridized carbons (Fsp3) is 0.250. The standard InChI is InChI=1S/C24H20ClFN6O3/c25-18-4-3-17(33)7-16(18)12-30-5-6-31(13-22(30)34)23(35)21-11-29-24-28-10-20(32(21)24)14-1-2-15(9-27)19(26)8-14/h1-4,7-8,11,20,33H,5-6,10,12-13H2,(H,28,29). The molecule has 178 valence electrons. The lowest BCUT2D eigenvalue weighted by Crippen LogP contribution is -2.52. The number of nitriles is 1.